The summed E-state index contributed by atoms with van der Waals surface area (Å²) in [5.74, 6) is -0.286. The minimum absolute atomic E-state index is 0.0140. The highest BCUT2D eigenvalue weighted by atomic mass is 32.1. The average molecular weight is 306 g/mol. The van der Waals surface area contributed by atoms with Crippen LogP contribution in [0, 0.1) is 5.82 Å². The third-order valence-corrected chi connectivity index (χ3v) is 4.16. The van der Waals surface area contributed by atoms with Crippen molar-refractivity contribution in [2.75, 3.05) is 13.6 Å². The molecule has 112 valence electrons. The SMILES string of the molecule is C[C@@H](NC(=O)CN(C)Cc1cccc(F)c1)c1cccs1. The quantitative estimate of drug-likeness (QED) is 0.889. The van der Waals surface area contributed by atoms with E-state index in [0.717, 1.165) is 10.4 Å². The van der Waals surface area contributed by atoms with E-state index in [4.69, 9.17) is 0 Å². The highest BCUT2D eigenvalue weighted by Gasteiger charge is 2.12. The molecule has 0 bridgehead atoms. The Morgan fingerprint density at radius 3 is 2.86 bits per heavy atom. The number of benzene rings is 1. The van der Waals surface area contributed by atoms with Crippen LogP contribution in [0.2, 0.25) is 0 Å². The van der Waals surface area contributed by atoms with Crippen molar-refractivity contribution in [3.8, 4) is 0 Å². The number of amides is 1. The predicted octanol–water partition coefficient (Wildman–Crippen LogP) is 3.20. The minimum Gasteiger partial charge on any atom is -0.348 e. The third-order valence-electron chi connectivity index (χ3n) is 3.10. The fourth-order valence-electron chi connectivity index (χ4n) is 2.14. The third kappa shape index (κ3) is 4.95. The summed E-state index contributed by atoms with van der Waals surface area (Å²) in [6.07, 6.45) is 0. The fraction of sp³-hybridized carbons (Fsp3) is 0.312. The van der Waals surface area contributed by atoms with Gasteiger partial charge < -0.3 is 5.32 Å². The van der Waals surface area contributed by atoms with Gasteiger partial charge in [0, 0.05) is 11.4 Å². The van der Waals surface area contributed by atoms with E-state index in [9.17, 15) is 9.18 Å². The Kier molecular flexibility index (Phi) is 5.47. The van der Waals surface area contributed by atoms with Crippen LogP contribution in [0.1, 0.15) is 23.4 Å². The van der Waals surface area contributed by atoms with Gasteiger partial charge >= 0.3 is 0 Å². The minimum atomic E-state index is -0.253. The van der Waals surface area contributed by atoms with Crippen LogP contribution in [0.4, 0.5) is 4.39 Å². The number of likely N-dealkylation sites (N-methyl/N-ethyl adjacent to an activating group) is 1. The summed E-state index contributed by atoms with van der Waals surface area (Å²) in [4.78, 5) is 15.0. The average Bonchev–Trinajstić information content (AvgIpc) is 2.91. The second kappa shape index (κ2) is 7.33. The molecule has 5 heteroatoms. The number of carbonyl (C=O) groups is 1. The molecule has 2 rings (SSSR count). The summed E-state index contributed by atoms with van der Waals surface area (Å²) in [6.45, 7) is 2.79. The van der Waals surface area contributed by atoms with Gasteiger partial charge in [-0.3, -0.25) is 9.69 Å². The molecule has 0 saturated carbocycles. The van der Waals surface area contributed by atoms with E-state index in [-0.39, 0.29) is 24.3 Å². The predicted molar refractivity (Wildman–Crippen MR) is 83.6 cm³/mol. The first-order valence-corrected chi connectivity index (χ1v) is 7.68. The summed E-state index contributed by atoms with van der Waals surface area (Å²) < 4.78 is 13.1. The lowest BCUT2D eigenvalue weighted by molar-refractivity contribution is -0.122. The van der Waals surface area contributed by atoms with E-state index in [2.05, 4.69) is 5.32 Å². The Hall–Kier alpha value is -1.72. The van der Waals surface area contributed by atoms with Crippen LogP contribution in [0.3, 0.4) is 0 Å². The topological polar surface area (TPSA) is 32.3 Å². The first-order chi connectivity index (χ1) is 10.0. The van der Waals surface area contributed by atoms with Crippen molar-refractivity contribution in [1.82, 2.24) is 10.2 Å². The molecule has 1 aromatic heterocycles. The van der Waals surface area contributed by atoms with Crippen molar-refractivity contribution >= 4 is 17.2 Å². The van der Waals surface area contributed by atoms with E-state index in [0.29, 0.717) is 6.54 Å². The Labute approximate surface area is 128 Å². The fourth-order valence-corrected chi connectivity index (χ4v) is 2.88. The molecular weight excluding hydrogens is 287 g/mol. The zero-order chi connectivity index (χ0) is 15.2. The summed E-state index contributed by atoms with van der Waals surface area (Å²) in [5, 5.41) is 4.96. The molecule has 0 aliphatic carbocycles. The van der Waals surface area contributed by atoms with Crippen molar-refractivity contribution in [3.05, 3.63) is 58.0 Å². The second-order valence-electron chi connectivity index (χ2n) is 5.11. The standard InChI is InChI=1S/C16H19FN2OS/c1-12(15-7-4-8-21-15)18-16(20)11-19(2)10-13-5-3-6-14(17)9-13/h3-9,12H,10-11H2,1-2H3,(H,18,20)/t12-/m1/s1. The zero-order valence-corrected chi connectivity index (χ0v) is 13.0. The van der Waals surface area contributed by atoms with Gasteiger partial charge in [0.25, 0.3) is 0 Å². The number of carbonyl (C=O) groups excluding carboxylic acids is 1. The van der Waals surface area contributed by atoms with Gasteiger partial charge in [0.2, 0.25) is 5.91 Å². The number of nitrogens with zero attached hydrogens (tertiary/aromatic N) is 1. The Bertz CT molecular complexity index is 586. The number of halogens is 1. The second-order valence-corrected chi connectivity index (χ2v) is 6.09. The van der Waals surface area contributed by atoms with E-state index >= 15 is 0 Å². The van der Waals surface area contributed by atoms with E-state index < -0.39 is 0 Å². The Morgan fingerprint density at radius 2 is 2.19 bits per heavy atom. The van der Waals surface area contributed by atoms with Crippen molar-refractivity contribution in [2.45, 2.75) is 19.5 Å². The van der Waals surface area contributed by atoms with Crippen LogP contribution >= 0.6 is 11.3 Å². The monoisotopic (exact) mass is 306 g/mol. The van der Waals surface area contributed by atoms with E-state index in [1.807, 2.05) is 42.5 Å². The molecule has 3 nitrogen and oxygen atoms in total. The Morgan fingerprint density at radius 1 is 1.38 bits per heavy atom. The lowest BCUT2D eigenvalue weighted by Gasteiger charge is -2.18. The molecule has 1 atom stereocenters. The van der Waals surface area contributed by atoms with Gasteiger partial charge in [-0.2, -0.15) is 0 Å². The van der Waals surface area contributed by atoms with E-state index in [1.54, 1.807) is 17.4 Å². The van der Waals surface area contributed by atoms with Crippen molar-refractivity contribution in [3.63, 3.8) is 0 Å². The molecule has 1 heterocycles. The van der Waals surface area contributed by atoms with Crippen LogP contribution in [-0.2, 0) is 11.3 Å². The molecule has 21 heavy (non-hydrogen) atoms. The van der Waals surface area contributed by atoms with Crippen LogP contribution in [0.5, 0.6) is 0 Å². The molecule has 0 spiro atoms. The van der Waals surface area contributed by atoms with Crippen LogP contribution in [0.15, 0.2) is 41.8 Å². The molecule has 0 aliphatic heterocycles. The van der Waals surface area contributed by atoms with Crippen LogP contribution < -0.4 is 5.32 Å². The lowest BCUT2D eigenvalue weighted by Crippen LogP contribution is -2.36. The largest absolute Gasteiger partial charge is 0.348 e. The number of hydrogen-bond acceptors (Lipinski definition) is 3. The molecule has 0 fully saturated rings. The molecule has 1 N–H and O–H groups in total. The van der Waals surface area contributed by atoms with Gasteiger partial charge in [0.1, 0.15) is 5.82 Å². The van der Waals surface area contributed by atoms with Crippen molar-refractivity contribution in [1.29, 1.82) is 0 Å². The highest BCUT2D eigenvalue weighted by Crippen LogP contribution is 2.17. The Balaban J connectivity index is 1.82. The lowest BCUT2D eigenvalue weighted by atomic mass is 10.2. The van der Waals surface area contributed by atoms with Crippen LogP contribution in [-0.4, -0.2) is 24.4 Å². The van der Waals surface area contributed by atoms with Crippen LogP contribution in [0.25, 0.3) is 0 Å². The number of rotatable bonds is 6. The maximum atomic E-state index is 13.1. The van der Waals surface area contributed by atoms with Gasteiger partial charge in [-0.15, -0.1) is 11.3 Å². The smallest absolute Gasteiger partial charge is 0.234 e. The molecule has 1 amide bonds. The van der Waals surface area contributed by atoms with Crippen molar-refractivity contribution < 1.29 is 9.18 Å². The summed E-state index contributed by atoms with van der Waals surface area (Å²) in [5.41, 5.74) is 0.858. The van der Waals surface area contributed by atoms with Gasteiger partial charge in [-0.05, 0) is 43.1 Å². The number of nitrogens with one attached hydrogen (secondary N) is 1. The van der Waals surface area contributed by atoms with Gasteiger partial charge in [0.15, 0.2) is 0 Å². The number of thiophene rings is 1. The summed E-state index contributed by atoms with van der Waals surface area (Å²) >= 11 is 1.63. The summed E-state index contributed by atoms with van der Waals surface area (Å²) in [7, 11) is 1.85. The first-order valence-electron chi connectivity index (χ1n) is 6.80. The molecule has 0 radical (unpaired) electrons. The van der Waals surface area contributed by atoms with Gasteiger partial charge in [0.05, 0.1) is 12.6 Å². The van der Waals surface area contributed by atoms with E-state index in [1.165, 1.54) is 12.1 Å². The number of hydrogen-bond donors (Lipinski definition) is 1. The zero-order valence-electron chi connectivity index (χ0n) is 12.2. The first kappa shape index (κ1) is 15.7. The normalized spacial score (nSPS) is 12.4. The molecule has 0 unspecified atom stereocenters. The molecule has 1 aromatic carbocycles. The highest BCUT2D eigenvalue weighted by molar-refractivity contribution is 7.10. The molecular formula is C16H19FN2OS. The molecule has 0 aliphatic rings. The summed E-state index contributed by atoms with van der Waals surface area (Å²) in [6, 6.07) is 10.4. The van der Waals surface area contributed by atoms with Gasteiger partial charge in [-0.1, -0.05) is 18.2 Å². The van der Waals surface area contributed by atoms with Crippen molar-refractivity contribution in [2.24, 2.45) is 0 Å². The van der Waals surface area contributed by atoms with Gasteiger partial charge in [-0.25, -0.2) is 4.39 Å². The molecule has 0 saturated heterocycles. The maximum absolute atomic E-state index is 13.1. The maximum Gasteiger partial charge on any atom is 0.234 e. The molecule has 2 aromatic rings.